The summed E-state index contributed by atoms with van der Waals surface area (Å²) < 4.78 is 0. The fraction of sp³-hybridized carbons (Fsp3) is 1.00. The van der Waals surface area contributed by atoms with Crippen molar-refractivity contribution in [2.45, 2.75) is 37.0 Å². The Morgan fingerprint density at radius 3 is 2.67 bits per heavy atom. The van der Waals surface area contributed by atoms with E-state index in [4.69, 9.17) is 5.11 Å². The fourth-order valence-corrected chi connectivity index (χ4v) is 2.98. The van der Waals surface area contributed by atoms with E-state index in [0.29, 0.717) is 0 Å². The summed E-state index contributed by atoms with van der Waals surface area (Å²) in [6.07, 6.45) is 5.57. The van der Waals surface area contributed by atoms with Gasteiger partial charge in [0.25, 0.3) is 0 Å². The molecule has 1 atom stereocenters. The third kappa shape index (κ3) is 3.33. The first-order chi connectivity index (χ1) is 5.86. The lowest BCUT2D eigenvalue weighted by molar-refractivity contribution is 0.260. The van der Waals surface area contributed by atoms with Crippen LogP contribution < -0.4 is 5.32 Å². The zero-order valence-electron chi connectivity index (χ0n) is 7.75. The van der Waals surface area contributed by atoms with Crippen molar-refractivity contribution in [3.05, 3.63) is 0 Å². The third-order valence-electron chi connectivity index (χ3n) is 2.46. The van der Waals surface area contributed by atoms with Gasteiger partial charge in [-0.25, -0.2) is 0 Å². The summed E-state index contributed by atoms with van der Waals surface area (Å²) in [6.45, 7) is 0.260. The van der Waals surface area contributed by atoms with E-state index in [9.17, 15) is 0 Å². The zero-order chi connectivity index (χ0) is 8.81. The van der Waals surface area contributed by atoms with Crippen LogP contribution in [0.3, 0.4) is 0 Å². The van der Waals surface area contributed by atoms with Gasteiger partial charge in [-0.3, -0.25) is 0 Å². The molecule has 0 saturated heterocycles. The monoisotopic (exact) mass is 189 g/mol. The van der Waals surface area contributed by atoms with E-state index in [1.807, 2.05) is 18.8 Å². The van der Waals surface area contributed by atoms with E-state index in [-0.39, 0.29) is 12.6 Å². The number of rotatable bonds is 5. The molecule has 1 fully saturated rings. The van der Waals surface area contributed by atoms with Gasteiger partial charge in [-0.1, -0.05) is 12.8 Å². The van der Waals surface area contributed by atoms with Crippen molar-refractivity contribution >= 4 is 11.8 Å². The molecular formula is C9H19NOS. The first kappa shape index (κ1) is 10.4. The molecule has 0 bridgehead atoms. The second-order valence-corrected chi connectivity index (χ2v) is 4.74. The Balaban J connectivity index is 2.06. The highest BCUT2D eigenvalue weighted by molar-refractivity contribution is 7.99. The average molecular weight is 189 g/mol. The SMILES string of the molecule is CNC(CO)CSC1CCCC1. The van der Waals surface area contributed by atoms with Gasteiger partial charge in [0.1, 0.15) is 0 Å². The van der Waals surface area contributed by atoms with Crippen LogP contribution in [0, 0.1) is 0 Å². The molecule has 2 N–H and O–H groups in total. The molecule has 0 heterocycles. The van der Waals surface area contributed by atoms with E-state index in [0.717, 1.165) is 11.0 Å². The molecule has 1 rings (SSSR count). The van der Waals surface area contributed by atoms with Crippen molar-refractivity contribution in [3.8, 4) is 0 Å². The molecule has 0 aromatic carbocycles. The first-order valence-electron chi connectivity index (χ1n) is 4.76. The molecule has 2 nitrogen and oxygen atoms in total. The topological polar surface area (TPSA) is 32.3 Å². The highest BCUT2D eigenvalue weighted by Gasteiger charge is 2.16. The second-order valence-electron chi connectivity index (χ2n) is 3.41. The summed E-state index contributed by atoms with van der Waals surface area (Å²) in [4.78, 5) is 0. The normalized spacial score (nSPS) is 21.5. The Hall–Kier alpha value is 0.270. The highest BCUT2D eigenvalue weighted by Crippen LogP contribution is 2.29. The molecule has 0 aromatic heterocycles. The van der Waals surface area contributed by atoms with Gasteiger partial charge in [-0.15, -0.1) is 0 Å². The first-order valence-corrected chi connectivity index (χ1v) is 5.81. The van der Waals surface area contributed by atoms with Crippen molar-refractivity contribution in [2.24, 2.45) is 0 Å². The Morgan fingerprint density at radius 1 is 1.50 bits per heavy atom. The maximum Gasteiger partial charge on any atom is 0.0592 e. The Morgan fingerprint density at radius 2 is 2.17 bits per heavy atom. The maximum atomic E-state index is 8.92. The van der Waals surface area contributed by atoms with Gasteiger partial charge >= 0.3 is 0 Å². The molecule has 1 aliphatic carbocycles. The lowest BCUT2D eigenvalue weighted by Gasteiger charge is -2.15. The summed E-state index contributed by atoms with van der Waals surface area (Å²) >= 11 is 2.02. The van der Waals surface area contributed by atoms with E-state index in [1.165, 1.54) is 25.7 Å². The molecule has 1 unspecified atom stereocenters. The highest BCUT2D eigenvalue weighted by atomic mass is 32.2. The molecule has 72 valence electrons. The molecule has 0 amide bonds. The van der Waals surface area contributed by atoms with Gasteiger partial charge in [-0.05, 0) is 19.9 Å². The molecule has 1 saturated carbocycles. The standard InChI is InChI=1S/C9H19NOS/c1-10-8(6-11)7-12-9-4-2-3-5-9/h8-11H,2-7H2,1H3. The van der Waals surface area contributed by atoms with Crippen molar-refractivity contribution in [1.82, 2.24) is 5.32 Å². The largest absolute Gasteiger partial charge is 0.395 e. The summed E-state index contributed by atoms with van der Waals surface area (Å²) in [5, 5.41) is 12.9. The van der Waals surface area contributed by atoms with Crippen molar-refractivity contribution < 1.29 is 5.11 Å². The molecule has 0 aliphatic heterocycles. The maximum absolute atomic E-state index is 8.92. The molecule has 12 heavy (non-hydrogen) atoms. The van der Waals surface area contributed by atoms with Crippen LogP contribution in [0.1, 0.15) is 25.7 Å². The van der Waals surface area contributed by atoms with Crippen LogP contribution in [-0.2, 0) is 0 Å². The Kier molecular flexibility index (Phi) is 5.04. The van der Waals surface area contributed by atoms with Gasteiger partial charge in [0, 0.05) is 17.0 Å². The smallest absolute Gasteiger partial charge is 0.0592 e. The van der Waals surface area contributed by atoms with Gasteiger partial charge < -0.3 is 10.4 Å². The minimum atomic E-state index is 0.260. The Labute approximate surface area is 79.1 Å². The van der Waals surface area contributed by atoms with Crippen LogP contribution >= 0.6 is 11.8 Å². The van der Waals surface area contributed by atoms with Crippen LogP contribution in [0.15, 0.2) is 0 Å². The number of hydrogen-bond acceptors (Lipinski definition) is 3. The number of thioether (sulfide) groups is 1. The van der Waals surface area contributed by atoms with Crippen LogP contribution in [0.25, 0.3) is 0 Å². The summed E-state index contributed by atoms with van der Waals surface area (Å²) in [5.74, 6) is 1.05. The van der Waals surface area contributed by atoms with Crippen molar-refractivity contribution in [2.75, 3.05) is 19.4 Å². The minimum Gasteiger partial charge on any atom is -0.395 e. The quantitative estimate of drug-likeness (QED) is 0.682. The Bertz CT molecular complexity index is 109. The van der Waals surface area contributed by atoms with Crippen molar-refractivity contribution in [3.63, 3.8) is 0 Å². The van der Waals surface area contributed by atoms with E-state index in [1.54, 1.807) is 0 Å². The molecule has 0 radical (unpaired) electrons. The predicted octanol–water partition coefficient (Wildman–Crippen LogP) is 1.24. The molecule has 0 spiro atoms. The van der Waals surface area contributed by atoms with Crippen LogP contribution in [0.2, 0.25) is 0 Å². The number of hydrogen-bond donors (Lipinski definition) is 2. The van der Waals surface area contributed by atoms with Gasteiger partial charge in [-0.2, -0.15) is 11.8 Å². The third-order valence-corrected chi connectivity index (χ3v) is 4.00. The van der Waals surface area contributed by atoms with E-state index in [2.05, 4.69) is 5.32 Å². The number of aliphatic hydroxyl groups excluding tert-OH is 1. The van der Waals surface area contributed by atoms with Crippen LogP contribution in [0.4, 0.5) is 0 Å². The van der Waals surface area contributed by atoms with Crippen LogP contribution in [-0.4, -0.2) is 35.8 Å². The van der Waals surface area contributed by atoms with E-state index < -0.39 is 0 Å². The zero-order valence-corrected chi connectivity index (χ0v) is 8.57. The minimum absolute atomic E-state index is 0.260. The average Bonchev–Trinajstić information content (AvgIpc) is 2.59. The lowest BCUT2D eigenvalue weighted by atomic mass is 10.4. The van der Waals surface area contributed by atoms with Gasteiger partial charge in [0.15, 0.2) is 0 Å². The van der Waals surface area contributed by atoms with Crippen molar-refractivity contribution in [1.29, 1.82) is 0 Å². The molecule has 1 aliphatic rings. The van der Waals surface area contributed by atoms with Gasteiger partial charge in [0.2, 0.25) is 0 Å². The molecule has 3 heteroatoms. The van der Waals surface area contributed by atoms with Gasteiger partial charge in [0.05, 0.1) is 6.61 Å². The summed E-state index contributed by atoms with van der Waals surface area (Å²) in [7, 11) is 1.91. The predicted molar refractivity (Wildman–Crippen MR) is 54.6 cm³/mol. The number of aliphatic hydroxyl groups is 1. The summed E-state index contributed by atoms with van der Waals surface area (Å²) in [5.41, 5.74) is 0. The molecule has 0 aromatic rings. The van der Waals surface area contributed by atoms with Crippen LogP contribution in [0.5, 0.6) is 0 Å². The number of likely N-dealkylation sites (N-methyl/N-ethyl adjacent to an activating group) is 1. The second kappa shape index (κ2) is 5.84. The molecular weight excluding hydrogens is 170 g/mol. The fourth-order valence-electron chi connectivity index (χ4n) is 1.53. The van der Waals surface area contributed by atoms with E-state index >= 15 is 0 Å². The lowest BCUT2D eigenvalue weighted by Crippen LogP contribution is -2.31. The summed E-state index contributed by atoms with van der Waals surface area (Å²) in [6, 6.07) is 0.288. The number of nitrogens with one attached hydrogen (secondary N) is 1.